The molecule has 2 N–H and O–H groups in total. The van der Waals surface area contributed by atoms with Gasteiger partial charge in [0.2, 0.25) is 11.8 Å². The Kier molecular flexibility index (Phi) is 7.16. The van der Waals surface area contributed by atoms with E-state index in [2.05, 4.69) is 10.6 Å². The zero-order valence-corrected chi connectivity index (χ0v) is 19.3. The van der Waals surface area contributed by atoms with E-state index in [1.807, 2.05) is 26.8 Å². The second-order valence-electron chi connectivity index (χ2n) is 9.07. The normalized spacial score (nSPS) is 15.8. The van der Waals surface area contributed by atoms with Crippen LogP contribution in [0.2, 0.25) is 0 Å². The first kappa shape index (κ1) is 24.0. The Labute approximate surface area is 193 Å². The van der Waals surface area contributed by atoms with Gasteiger partial charge < -0.3 is 20.3 Å². The molecule has 0 bridgehead atoms. The molecule has 0 aromatic heterocycles. The average Bonchev–Trinajstić information content (AvgIpc) is 3.14. The molecule has 2 aromatic rings. The topological polar surface area (TPSA) is 105 Å². The van der Waals surface area contributed by atoms with E-state index < -0.39 is 5.97 Å². The van der Waals surface area contributed by atoms with Gasteiger partial charge in [-0.1, -0.05) is 18.2 Å². The van der Waals surface area contributed by atoms with Crippen LogP contribution < -0.4 is 15.4 Å². The van der Waals surface area contributed by atoms with E-state index >= 15 is 0 Å². The fourth-order valence-corrected chi connectivity index (χ4v) is 3.69. The second kappa shape index (κ2) is 9.85. The van der Waals surface area contributed by atoms with Crippen molar-refractivity contribution in [1.82, 2.24) is 10.2 Å². The minimum absolute atomic E-state index is 0.00914. The molecule has 33 heavy (non-hydrogen) atoms. The van der Waals surface area contributed by atoms with Gasteiger partial charge in [0.1, 0.15) is 5.75 Å². The number of anilines is 1. The molecule has 1 fully saturated rings. The van der Waals surface area contributed by atoms with Crippen LogP contribution in [0.3, 0.4) is 0 Å². The van der Waals surface area contributed by atoms with E-state index in [0.29, 0.717) is 23.5 Å². The summed E-state index contributed by atoms with van der Waals surface area (Å²) in [5, 5.41) is 5.70. The number of carbonyl (C=O) groups is 4. The van der Waals surface area contributed by atoms with Crippen molar-refractivity contribution in [2.75, 3.05) is 11.9 Å². The molecule has 0 radical (unpaired) electrons. The van der Waals surface area contributed by atoms with Gasteiger partial charge in [-0.3, -0.25) is 19.2 Å². The Hall–Kier alpha value is -3.68. The maximum absolute atomic E-state index is 12.6. The predicted octanol–water partition coefficient (Wildman–Crippen LogP) is 3.13. The number of esters is 1. The van der Waals surface area contributed by atoms with E-state index in [1.165, 1.54) is 13.0 Å². The third-order valence-corrected chi connectivity index (χ3v) is 5.31. The van der Waals surface area contributed by atoms with Crippen molar-refractivity contribution in [2.45, 2.75) is 46.2 Å². The standard InChI is InChI=1S/C25H29N3O5/c1-16(29)33-21-10-6-8-18(12-21)24(32)27-20-9-5-7-17(11-20)14-26-23(31)19-13-22(30)28(15-19)25(2,3)4/h5-12,19H,13-15H2,1-4H3,(H,26,31)(H,27,32). The lowest BCUT2D eigenvalue weighted by atomic mass is 10.1. The zero-order valence-electron chi connectivity index (χ0n) is 19.3. The van der Waals surface area contributed by atoms with Crippen LogP contribution in [0.1, 0.15) is 50.0 Å². The summed E-state index contributed by atoms with van der Waals surface area (Å²) < 4.78 is 5.02. The molecule has 1 aliphatic heterocycles. The van der Waals surface area contributed by atoms with Gasteiger partial charge in [-0.25, -0.2) is 0 Å². The third kappa shape index (κ3) is 6.41. The van der Waals surface area contributed by atoms with Gasteiger partial charge in [0, 0.05) is 43.2 Å². The number of ether oxygens (including phenoxy) is 1. The van der Waals surface area contributed by atoms with Crippen molar-refractivity contribution >= 4 is 29.4 Å². The van der Waals surface area contributed by atoms with Crippen molar-refractivity contribution in [3.8, 4) is 5.75 Å². The highest BCUT2D eigenvalue weighted by Gasteiger charge is 2.39. The first-order chi connectivity index (χ1) is 15.5. The molecule has 8 nitrogen and oxygen atoms in total. The molecule has 174 valence electrons. The number of nitrogens with one attached hydrogen (secondary N) is 2. The van der Waals surface area contributed by atoms with Crippen LogP contribution >= 0.6 is 0 Å². The smallest absolute Gasteiger partial charge is 0.308 e. The Morgan fingerprint density at radius 3 is 2.48 bits per heavy atom. The first-order valence-electron chi connectivity index (χ1n) is 10.8. The van der Waals surface area contributed by atoms with Gasteiger partial charge in [-0.15, -0.1) is 0 Å². The molecule has 3 rings (SSSR count). The van der Waals surface area contributed by atoms with Crippen LogP contribution in [0.4, 0.5) is 5.69 Å². The average molecular weight is 452 g/mol. The van der Waals surface area contributed by atoms with E-state index in [9.17, 15) is 19.2 Å². The monoisotopic (exact) mass is 451 g/mol. The fraction of sp³-hybridized carbons (Fsp3) is 0.360. The van der Waals surface area contributed by atoms with Crippen LogP contribution in [0.25, 0.3) is 0 Å². The second-order valence-corrected chi connectivity index (χ2v) is 9.07. The highest BCUT2D eigenvalue weighted by Crippen LogP contribution is 2.26. The summed E-state index contributed by atoms with van der Waals surface area (Å²) in [4.78, 5) is 50.3. The molecule has 0 spiro atoms. The molecule has 0 saturated carbocycles. The van der Waals surface area contributed by atoms with Crippen molar-refractivity contribution in [3.63, 3.8) is 0 Å². The SMILES string of the molecule is CC(=O)Oc1cccc(C(=O)Nc2cccc(CNC(=O)C3CC(=O)N(C(C)(C)C)C3)c2)c1. The molecule has 8 heteroatoms. The molecule has 1 heterocycles. The number of benzene rings is 2. The number of nitrogens with zero attached hydrogens (tertiary/aromatic N) is 1. The summed E-state index contributed by atoms with van der Waals surface area (Å²) in [7, 11) is 0. The fourth-order valence-electron chi connectivity index (χ4n) is 3.69. The van der Waals surface area contributed by atoms with Gasteiger partial charge in [-0.2, -0.15) is 0 Å². The highest BCUT2D eigenvalue weighted by molar-refractivity contribution is 6.04. The van der Waals surface area contributed by atoms with E-state index in [0.717, 1.165) is 5.56 Å². The van der Waals surface area contributed by atoms with Crippen LogP contribution in [0, 0.1) is 5.92 Å². The lowest BCUT2D eigenvalue weighted by Crippen LogP contribution is -2.43. The molecule has 1 unspecified atom stereocenters. The van der Waals surface area contributed by atoms with Gasteiger partial charge in [0.05, 0.1) is 5.92 Å². The number of carbonyl (C=O) groups excluding carboxylic acids is 4. The lowest BCUT2D eigenvalue weighted by Gasteiger charge is -2.31. The quantitative estimate of drug-likeness (QED) is 0.519. The maximum Gasteiger partial charge on any atom is 0.308 e. The summed E-state index contributed by atoms with van der Waals surface area (Å²) in [5.74, 6) is -1.06. The number of hydrogen-bond acceptors (Lipinski definition) is 5. The minimum Gasteiger partial charge on any atom is -0.427 e. The Morgan fingerprint density at radius 2 is 1.82 bits per heavy atom. The van der Waals surface area contributed by atoms with Crippen molar-refractivity contribution in [3.05, 3.63) is 59.7 Å². The zero-order chi connectivity index (χ0) is 24.2. The number of amides is 3. The Bertz CT molecular complexity index is 1070. The van der Waals surface area contributed by atoms with Crippen LogP contribution in [0.15, 0.2) is 48.5 Å². The van der Waals surface area contributed by atoms with Crippen LogP contribution in [-0.4, -0.2) is 40.7 Å². The first-order valence-corrected chi connectivity index (χ1v) is 10.8. The number of rotatable bonds is 6. The van der Waals surface area contributed by atoms with Gasteiger partial charge in [0.15, 0.2) is 0 Å². The van der Waals surface area contributed by atoms with E-state index in [1.54, 1.807) is 41.3 Å². The summed E-state index contributed by atoms with van der Waals surface area (Å²) in [6.07, 6.45) is 0.214. The highest BCUT2D eigenvalue weighted by atomic mass is 16.5. The van der Waals surface area contributed by atoms with Gasteiger partial charge in [-0.05, 0) is 56.7 Å². The molecule has 2 aromatic carbocycles. The molecule has 3 amide bonds. The number of hydrogen-bond donors (Lipinski definition) is 2. The lowest BCUT2D eigenvalue weighted by molar-refractivity contribution is -0.132. The summed E-state index contributed by atoms with van der Waals surface area (Å²) >= 11 is 0. The van der Waals surface area contributed by atoms with Gasteiger partial charge in [0.25, 0.3) is 5.91 Å². The molecule has 1 atom stereocenters. The summed E-state index contributed by atoms with van der Waals surface area (Å²) in [6, 6.07) is 13.5. The number of likely N-dealkylation sites (tertiary alicyclic amines) is 1. The van der Waals surface area contributed by atoms with Crippen LogP contribution in [0.5, 0.6) is 5.75 Å². The molecule has 0 aliphatic carbocycles. The maximum atomic E-state index is 12.6. The van der Waals surface area contributed by atoms with E-state index in [4.69, 9.17) is 4.74 Å². The predicted molar refractivity (Wildman–Crippen MR) is 124 cm³/mol. The van der Waals surface area contributed by atoms with Crippen molar-refractivity contribution in [2.24, 2.45) is 5.92 Å². The van der Waals surface area contributed by atoms with Gasteiger partial charge >= 0.3 is 5.97 Å². The summed E-state index contributed by atoms with van der Waals surface area (Å²) in [6.45, 7) is 7.86. The third-order valence-electron chi connectivity index (χ3n) is 5.31. The Balaban J connectivity index is 1.58. The Morgan fingerprint density at radius 1 is 1.09 bits per heavy atom. The minimum atomic E-state index is -0.463. The van der Waals surface area contributed by atoms with Crippen molar-refractivity contribution < 1.29 is 23.9 Å². The molecule has 1 aliphatic rings. The molecular formula is C25H29N3O5. The summed E-state index contributed by atoms with van der Waals surface area (Å²) in [5.41, 5.74) is 1.42. The largest absolute Gasteiger partial charge is 0.427 e. The van der Waals surface area contributed by atoms with E-state index in [-0.39, 0.29) is 42.1 Å². The van der Waals surface area contributed by atoms with Crippen molar-refractivity contribution in [1.29, 1.82) is 0 Å². The van der Waals surface area contributed by atoms with Crippen LogP contribution in [-0.2, 0) is 20.9 Å². The molecule has 1 saturated heterocycles. The molecular weight excluding hydrogens is 422 g/mol.